The van der Waals surface area contributed by atoms with Gasteiger partial charge in [0.1, 0.15) is 17.7 Å². The van der Waals surface area contributed by atoms with E-state index in [0.717, 1.165) is 97.5 Å². The quantitative estimate of drug-likeness (QED) is 0.121. The molecule has 0 unspecified atom stereocenters. The minimum absolute atomic E-state index is 0.0172. The Morgan fingerprint density at radius 2 is 1.64 bits per heavy atom. The van der Waals surface area contributed by atoms with Gasteiger partial charge in [-0.3, -0.25) is 52.9 Å². The van der Waals surface area contributed by atoms with Gasteiger partial charge in [0.05, 0.1) is 22.2 Å². The molecule has 7 heterocycles. The van der Waals surface area contributed by atoms with E-state index in [1.165, 1.54) is 16.7 Å². The summed E-state index contributed by atoms with van der Waals surface area (Å²) < 4.78 is 39.1. The number of fused-ring (bicyclic) bond motifs is 2. The molecule has 4 fully saturated rings. The number of piperazine rings is 1. The summed E-state index contributed by atoms with van der Waals surface area (Å²) in [5, 5.41) is 6.37. The third-order valence-electron chi connectivity index (χ3n) is 16.8. The van der Waals surface area contributed by atoms with Crippen LogP contribution < -0.4 is 21.9 Å². The molecule has 0 spiro atoms. The maximum absolute atomic E-state index is 16.2. The van der Waals surface area contributed by atoms with E-state index in [1.54, 1.807) is 34.5 Å². The number of imide groups is 1. The van der Waals surface area contributed by atoms with Gasteiger partial charge >= 0.3 is 5.69 Å². The SMILES string of the molecule is CNc1ccn(-c2cccc3c2cc([C@H](C)N2CC=C(c4c(C)cc(C(=O)N5CCC(CN6CCN(Cc7cc8c(cc7F)n([C@H]7CCC(=O)NC7=O)c(=O)n8C7CC7)C[C@@H]6C)CC5)cc4F)CC2)n3C)c(=O)c1. The molecular weight excluding hydrogens is 943 g/mol. The number of carbonyl (C=O) groups is 3. The molecule has 15 nitrogen and oxygen atoms in total. The number of nitrogens with one attached hydrogen (secondary N) is 2. The highest BCUT2D eigenvalue weighted by Gasteiger charge is 2.37. The number of halogens is 2. The number of likely N-dealkylation sites (tertiary alicyclic amines) is 1. The number of aromatic nitrogens is 4. The average molecular weight is 1010 g/mol. The number of hydrogen-bond donors (Lipinski definition) is 2. The van der Waals surface area contributed by atoms with Crippen LogP contribution in [0.3, 0.4) is 0 Å². The highest BCUT2D eigenvalue weighted by Crippen LogP contribution is 2.39. The van der Waals surface area contributed by atoms with Crippen molar-refractivity contribution in [3.63, 3.8) is 0 Å². The zero-order valence-corrected chi connectivity index (χ0v) is 43.0. The summed E-state index contributed by atoms with van der Waals surface area (Å²) >= 11 is 0. The van der Waals surface area contributed by atoms with Crippen LogP contribution in [0, 0.1) is 24.5 Å². The van der Waals surface area contributed by atoms with Gasteiger partial charge in [-0.05, 0) is 119 Å². The lowest BCUT2D eigenvalue weighted by molar-refractivity contribution is -0.135. The number of rotatable bonds is 12. The molecule has 388 valence electrons. The molecule has 3 aromatic carbocycles. The normalized spacial score (nSPS) is 21.1. The maximum Gasteiger partial charge on any atom is 0.330 e. The number of amides is 3. The standard InChI is InChI=1S/C57H66F2N10O5/c1-34-25-39(26-45(59)54(34)38-15-20-64(21-16-38)36(3)49-29-43-46(62(49)5)7-6-8-47(43)67-22-17-41(60-4)28-53(67)71)56(73)65-18-13-37(14-19-65)32-66-24-23-63(31-35(66)2)33-40-27-50-51(30-44(40)58)69(57(74)68(50)42-9-10-42)48-11-12-52(70)61-55(48)72/h6-8,15,17,22,25-30,35-37,42,48,60H,9-14,16,18-21,23-24,31-33H2,1-5H3,(H,61,70,72)/t35-,36-,48-/m0/s1. The second-order valence-corrected chi connectivity index (χ2v) is 21.5. The molecule has 3 saturated heterocycles. The zero-order valence-electron chi connectivity index (χ0n) is 43.0. The van der Waals surface area contributed by atoms with Gasteiger partial charge in [-0.15, -0.1) is 0 Å². The van der Waals surface area contributed by atoms with Crippen LogP contribution in [0.4, 0.5) is 14.5 Å². The molecule has 0 radical (unpaired) electrons. The van der Waals surface area contributed by atoms with Crippen molar-refractivity contribution in [2.24, 2.45) is 13.0 Å². The maximum atomic E-state index is 16.2. The molecular formula is C57H66F2N10O5. The van der Waals surface area contributed by atoms with Crippen LogP contribution in [-0.4, -0.2) is 121 Å². The Balaban J connectivity index is 0.684. The summed E-state index contributed by atoms with van der Waals surface area (Å²) in [7, 11) is 3.86. The summed E-state index contributed by atoms with van der Waals surface area (Å²) in [6.07, 6.45) is 8.34. The number of benzene rings is 3. The Morgan fingerprint density at radius 1 is 0.851 bits per heavy atom. The van der Waals surface area contributed by atoms with E-state index in [0.29, 0.717) is 66.2 Å². The van der Waals surface area contributed by atoms with Crippen molar-refractivity contribution in [1.82, 2.24) is 43.2 Å². The fourth-order valence-corrected chi connectivity index (χ4v) is 12.4. The highest BCUT2D eigenvalue weighted by molar-refractivity contribution is 6.00. The van der Waals surface area contributed by atoms with Gasteiger partial charge in [0.2, 0.25) is 11.8 Å². The first-order valence-electron chi connectivity index (χ1n) is 26.4. The third-order valence-corrected chi connectivity index (χ3v) is 16.8. The number of pyridine rings is 1. The molecule has 1 saturated carbocycles. The first kappa shape index (κ1) is 49.5. The number of anilines is 1. The first-order valence-corrected chi connectivity index (χ1v) is 26.4. The van der Waals surface area contributed by atoms with E-state index in [-0.39, 0.29) is 59.8 Å². The van der Waals surface area contributed by atoms with Crippen LogP contribution in [0.1, 0.15) is 110 Å². The molecule has 11 rings (SSSR count). The minimum atomic E-state index is -0.861. The van der Waals surface area contributed by atoms with Crippen molar-refractivity contribution >= 4 is 50.9 Å². The Morgan fingerprint density at radius 3 is 2.32 bits per heavy atom. The molecule has 3 atom stereocenters. The summed E-state index contributed by atoms with van der Waals surface area (Å²) in [6, 6.07) is 17.6. The first-order chi connectivity index (χ1) is 35.6. The third kappa shape index (κ3) is 9.20. The van der Waals surface area contributed by atoms with Crippen molar-refractivity contribution < 1.29 is 23.2 Å². The smallest absolute Gasteiger partial charge is 0.330 e. The van der Waals surface area contributed by atoms with Crippen LogP contribution in [0.5, 0.6) is 0 Å². The van der Waals surface area contributed by atoms with Crippen LogP contribution in [0.2, 0.25) is 0 Å². The molecule has 3 aromatic heterocycles. The van der Waals surface area contributed by atoms with Gasteiger partial charge < -0.3 is 14.8 Å². The molecule has 6 aromatic rings. The number of nitrogens with zero attached hydrogens (tertiary/aromatic N) is 8. The Bertz CT molecular complexity index is 3350. The van der Waals surface area contributed by atoms with E-state index in [4.69, 9.17) is 0 Å². The highest BCUT2D eigenvalue weighted by atomic mass is 19.1. The molecule has 0 bridgehead atoms. The summed E-state index contributed by atoms with van der Waals surface area (Å²) in [4.78, 5) is 74.4. The fraction of sp³-hybridized carbons (Fsp3) is 0.456. The lowest BCUT2D eigenvalue weighted by Crippen LogP contribution is -2.53. The topological polar surface area (TPSA) is 142 Å². The molecule has 5 aliphatic rings. The van der Waals surface area contributed by atoms with E-state index < -0.39 is 17.8 Å². The summed E-state index contributed by atoms with van der Waals surface area (Å²) in [5.74, 6) is -1.41. The van der Waals surface area contributed by atoms with Gasteiger partial charge in [-0.2, -0.15) is 0 Å². The lowest BCUT2D eigenvalue weighted by atomic mass is 9.92. The largest absolute Gasteiger partial charge is 0.388 e. The molecule has 1 aliphatic carbocycles. The van der Waals surface area contributed by atoms with Crippen molar-refractivity contribution in [3.05, 3.63) is 133 Å². The van der Waals surface area contributed by atoms with Crippen LogP contribution in [0.15, 0.2) is 82.5 Å². The van der Waals surface area contributed by atoms with E-state index in [9.17, 15) is 24.0 Å². The molecule has 4 aliphatic heterocycles. The number of aryl methyl sites for hydroxylation is 2. The van der Waals surface area contributed by atoms with E-state index in [2.05, 4.69) is 69.0 Å². The second kappa shape index (κ2) is 19.9. The minimum Gasteiger partial charge on any atom is -0.388 e. The van der Waals surface area contributed by atoms with Crippen LogP contribution in [-0.2, 0) is 23.2 Å². The van der Waals surface area contributed by atoms with Gasteiger partial charge in [-0.25, -0.2) is 13.6 Å². The zero-order chi connectivity index (χ0) is 51.7. The number of hydrogen-bond acceptors (Lipinski definition) is 9. The van der Waals surface area contributed by atoms with Gasteiger partial charge in [0.15, 0.2) is 0 Å². The average Bonchev–Trinajstić information content (AvgIpc) is 4.12. The van der Waals surface area contributed by atoms with Gasteiger partial charge in [0.25, 0.3) is 11.5 Å². The summed E-state index contributed by atoms with van der Waals surface area (Å²) in [6.45, 7) is 12.5. The van der Waals surface area contributed by atoms with E-state index >= 15 is 8.78 Å². The van der Waals surface area contributed by atoms with Gasteiger partial charge in [-0.1, -0.05) is 12.1 Å². The van der Waals surface area contributed by atoms with Crippen molar-refractivity contribution in [1.29, 1.82) is 0 Å². The summed E-state index contributed by atoms with van der Waals surface area (Å²) in [5.41, 5.74) is 7.52. The molecule has 74 heavy (non-hydrogen) atoms. The van der Waals surface area contributed by atoms with Crippen molar-refractivity contribution in [2.75, 3.05) is 64.7 Å². The number of imidazole rings is 1. The van der Waals surface area contributed by atoms with Crippen LogP contribution >= 0.6 is 0 Å². The monoisotopic (exact) mass is 1010 g/mol. The lowest BCUT2D eigenvalue weighted by Gasteiger charge is -2.42. The predicted octanol–water partition coefficient (Wildman–Crippen LogP) is 7.30. The fourth-order valence-electron chi connectivity index (χ4n) is 12.4. The number of carbonyl (C=O) groups excluding carboxylic acids is 3. The molecule has 17 heteroatoms. The predicted molar refractivity (Wildman–Crippen MR) is 283 cm³/mol. The van der Waals surface area contributed by atoms with Crippen molar-refractivity contribution in [3.8, 4) is 5.69 Å². The van der Waals surface area contributed by atoms with Gasteiger partial charge in [0, 0.05) is 149 Å². The molecule has 3 amide bonds. The number of piperidine rings is 2. The van der Waals surface area contributed by atoms with Crippen molar-refractivity contribution in [2.45, 2.75) is 96.4 Å². The second-order valence-electron chi connectivity index (χ2n) is 21.5. The Labute approximate surface area is 429 Å². The van der Waals surface area contributed by atoms with E-state index in [1.807, 2.05) is 36.1 Å². The molecule has 2 N–H and O–H groups in total. The Hall–Kier alpha value is -6.69. The van der Waals surface area contributed by atoms with Crippen LogP contribution in [0.25, 0.3) is 33.2 Å². The Kier molecular flexibility index (Phi) is 13.3.